The van der Waals surface area contributed by atoms with E-state index in [0.717, 1.165) is 36.6 Å². The standard InChI is InChI=1S/C24H24NO3/c26-23(19-10-3-1-4-11-19)17-25-21-14-8-7-9-18(21)15-16-22(25)24(27)28-20-12-5-2-6-13-20/h1,3-4,7-11,14-16,20H,2,5-6,12-13,17H2/q+1. The SMILES string of the molecule is O=C(C[n+]1c(C(=O)OC2CCCCC2)ccc2ccccc21)c1ccccc1. The molecule has 4 heteroatoms. The van der Waals surface area contributed by atoms with Crippen LogP contribution in [-0.2, 0) is 11.3 Å². The number of hydrogen-bond acceptors (Lipinski definition) is 3. The molecule has 0 bridgehead atoms. The Kier molecular flexibility index (Phi) is 5.47. The molecule has 28 heavy (non-hydrogen) atoms. The van der Waals surface area contributed by atoms with E-state index >= 15 is 0 Å². The molecule has 0 saturated heterocycles. The summed E-state index contributed by atoms with van der Waals surface area (Å²) >= 11 is 0. The summed E-state index contributed by atoms with van der Waals surface area (Å²) in [7, 11) is 0. The number of pyridine rings is 1. The van der Waals surface area contributed by atoms with Crippen LogP contribution in [0.5, 0.6) is 0 Å². The summed E-state index contributed by atoms with van der Waals surface area (Å²) in [5.74, 6) is -0.382. The summed E-state index contributed by atoms with van der Waals surface area (Å²) in [6.45, 7) is 0.0977. The van der Waals surface area contributed by atoms with Crippen LogP contribution in [0.25, 0.3) is 10.9 Å². The summed E-state index contributed by atoms with van der Waals surface area (Å²) in [5, 5.41) is 0.984. The second-order valence-corrected chi connectivity index (χ2v) is 7.32. The fraction of sp³-hybridized carbons (Fsp3) is 0.292. The zero-order valence-corrected chi connectivity index (χ0v) is 15.8. The Morgan fingerprint density at radius 3 is 2.36 bits per heavy atom. The third kappa shape index (κ3) is 3.96. The van der Waals surface area contributed by atoms with Gasteiger partial charge >= 0.3 is 5.97 Å². The van der Waals surface area contributed by atoms with E-state index in [1.807, 2.05) is 48.5 Å². The Balaban J connectivity index is 1.68. The highest BCUT2D eigenvalue weighted by Gasteiger charge is 2.28. The van der Waals surface area contributed by atoms with E-state index in [-0.39, 0.29) is 24.4 Å². The maximum atomic E-state index is 12.9. The van der Waals surface area contributed by atoms with Crippen molar-refractivity contribution < 1.29 is 18.9 Å². The number of aromatic nitrogens is 1. The molecule has 1 aliphatic carbocycles. The van der Waals surface area contributed by atoms with Gasteiger partial charge in [0.1, 0.15) is 6.10 Å². The third-order valence-corrected chi connectivity index (χ3v) is 5.37. The minimum atomic E-state index is -0.349. The van der Waals surface area contributed by atoms with Crippen molar-refractivity contribution in [1.82, 2.24) is 0 Å². The second kappa shape index (κ2) is 8.34. The van der Waals surface area contributed by atoms with E-state index < -0.39 is 0 Å². The Morgan fingerprint density at radius 1 is 0.857 bits per heavy atom. The minimum absolute atomic E-state index is 0.0222. The first-order valence-electron chi connectivity index (χ1n) is 9.93. The summed E-state index contributed by atoms with van der Waals surface area (Å²) in [4.78, 5) is 25.8. The van der Waals surface area contributed by atoms with Gasteiger partial charge < -0.3 is 4.74 Å². The van der Waals surface area contributed by atoms with Gasteiger partial charge in [-0.3, -0.25) is 4.79 Å². The summed E-state index contributed by atoms with van der Waals surface area (Å²) in [6.07, 6.45) is 5.22. The molecule has 2 aromatic carbocycles. The van der Waals surface area contributed by atoms with Crippen molar-refractivity contribution >= 4 is 22.7 Å². The smallest absolute Gasteiger partial charge is 0.403 e. The van der Waals surface area contributed by atoms with E-state index in [9.17, 15) is 9.59 Å². The molecule has 1 fully saturated rings. The normalized spacial score (nSPS) is 14.7. The molecule has 4 nitrogen and oxygen atoms in total. The van der Waals surface area contributed by atoms with E-state index in [0.29, 0.717) is 11.3 Å². The minimum Gasteiger partial charge on any atom is -0.454 e. The lowest BCUT2D eigenvalue weighted by Crippen LogP contribution is -2.45. The molecule has 3 aromatic rings. The van der Waals surface area contributed by atoms with Crippen molar-refractivity contribution in [1.29, 1.82) is 0 Å². The number of ketones is 1. The average Bonchev–Trinajstić information content (AvgIpc) is 2.75. The van der Waals surface area contributed by atoms with Gasteiger partial charge in [0.15, 0.2) is 0 Å². The quantitative estimate of drug-likeness (QED) is 0.375. The molecule has 0 amide bonds. The first-order valence-corrected chi connectivity index (χ1v) is 9.93. The van der Waals surface area contributed by atoms with Crippen LogP contribution in [0.3, 0.4) is 0 Å². The number of benzene rings is 2. The van der Waals surface area contributed by atoms with Gasteiger partial charge in [-0.05, 0) is 37.8 Å². The maximum Gasteiger partial charge on any atom is 0.403 e. The molecule has 0 aliphatic heterocycles. The van der Waals surface area contributed by atoms with Gasteiger partial charge in [-0.25, -0.2) is 4.79 Å². The van der Waals surface area contributed by atoms with Crippen LogP contribution in [0.1, 0.15) is 53.0 Å². The number of fused-ring (bicyclic) bond motifs is 1. The average molecular weight is 374 g/mol. The highest BCUT2D eigenvalue weighted by Crippen LogP contribution is 2.21. The highest BCUT2D eigenvalue weighted by atomic mass is 16.5. The van der Waals surface area contributed by atoms with E-state index in [1.54, 1.807) is 22.8 Å². The number of Topliss-reactive ketones (excluding diaryl/α,β-unsaturated/α-hetero) is 1. The van der Waals surface area contributed by atoms with Gasteiger partial charge in [0, 0.05) is 23.1 Å². The molecule has 0 unspecified atom stereocenters. The number of carbonyl (C=O) groups excluding carboxylic acids is 2. The van der Waals surface area contributed by atoms with Crippen molar-refractivity contribution in [3.8, 4) is 0 Å². The van der Waals surface area contributed by atoms with Gasteiger partial charge in [-0.1, -0.05) is 48.9 Å². The van der Waals surface area contributed by atoms with E-state index in [4.69, 9.17) is 4.74 Å². The number of rotatable bonds is 5. The Labute approximate surface area is 164 Å². The fourth-order valence-corrected chi connectivity index (χ4v) is 3.86. The summed E-state index contributed by atoms with van der Waals surface area (Å²) < 4.78 is 7.57. The zero-order valence-electron chi connectivity index (χ0n) is 15.8. The summed E-state index contributed by atoms with van der Waals surface area (Å²) in [5.41, 5.74) is 1.91. The number of hydrogen-bond donors (Lipinski definition) is 0. The Bertz CT molecular complexity index is 991. The topological polar surface area (TPSA) is 47.2 Å². The molecule has 1 saturated carbocycles. The summed E-state index contributed by atoms with van der Waals surface area (Å²) in [6, 6.07) is 20.6. The maximum absolute atomic E-state index is 12.9. The van der Waals surface area contributed by atoms with Crippen LogP contribution in [0, 0.1) is 0 Å². The van der Waals surface area contributed by atoms with Crippen molar-refractivity contribution in [2.24, 2.45) is 0 Å². The number of ether oxygens (including phenoxy) is 1. The third-order valence-electron chi connectivity index (χ3n) is 5.37. The van der Waals surface area contributed by atoms with Crippen LogP contribution in [0.2, 0.25) is 0 Å². The van der Waals surface area contributed by atoms with Crippen LogP contribution in [0.15, 0.2) is 66.7 Å². The largest absolute Gasteiger partial charge is 0.454 e. The second-order valence-electron chi connectivity index (χ2n) is 7.32. The van der Waals surface area contributed by atoms with Crippen LogP contribution < -0.4 is 4.57 Å². The molecular formula is C24H24NO3+. The molecular weight excluding hydrogens is 350 g/mol. The molecule has 1 heterocycles. The van der Waals surface area contributed by atoms with E-state index in [2.05, 4.69) is 0 Å². The number of nitrogens with zero attached hydrogens (tertiary/aromatic N) is 1. The van der Waals surface area contributed by atoms with Gasteiger partial charge in [0.2, 0.25) is 17.8 Å². The lowest BCUT2D eigenvalue weighted by Gasteiger charge is -2.21. The first-order chi connectivity index (χ1) is 13.7. The predicted molar refractivity (Wildman–Crippen MR) is 107 cm³/mol. The van der Waals surface area contributed by atoms with Gasteiger partial charge in [-0.2, -0.15) is 4.57 Å². The molecule has 1 aliphatic rings. The molecule has 142 valence electrons. The lowest BCUT2D eigenvalue weighted by atomic mass is 9.98. The number of carbonyl (C=O) groups is 2. The fourth-order valence-electron chi connectivity index (χ4n) is 3.86. The van der Waals surface area contributed by atoms with Gasteiger partial charge in [0.05, 0.1) is 0 Å². The zero-order chi connectivity index (χ0) is 19.3. The lowest BCUT2D eigenvalue weighted by molar-refractivity contribution is -0.659. The molecule has 1 aromatic heterocycles. The first kappa shape index (κ1) is 18.4. The highest BCUT2D eigenvalue weighted by molar-refractivity contribution is 5.95. The van der Waals surface area contributed by atoms with Gasteiger partial charge in [-0.15, -0.1) is 0 Å². The number of para-hydroxylation sites is 1. The Morgan fingerprint density at radius 2 is 1.57 bits per heavy atom. The monoisotopic (exact) mass is 374 g/mol. The van der Waals surface area contributed by atoms with Crippen molar-refractivity contribution in [2.75, 3.05) is 0 Å². The van der Waals surface area contributed by atoms with Crippen molar-refractivity contribution in [2.45, 2.75) is 44.8 Å². The van der Waals surface area contributed by atoms with Crippen LogP contribution in [-0.4, -0.2) is 17.9 Å². The van der Waals surface area contributed by atoms with Gasteiger partial charge in [0.25, 0.3) is 5.69 Å². The molecule has 0 atom stereocenters. The molecule has 4 rings (SSSR count). The van der Waals surface area contributed by atoms with Crippen LogP contribution >= 0.6 is 0 Å². The molecule has 0 spiro atoms. The Hall–Kier alpha value is -3.01. The van der Waals surface area contributed by atoms with E-state index in [1.165, 1.54) is 6.42 Å². The number of esters is 1. The molecule has 0 radical (unpaired) electrons. The van der Waals surface area contributed by atoms with Crippen molar-refractivity contribution in [3.63, 3.8) is 0 Å². The van der Waals surface area contributed by atoms with Crippen molar-refractivity contribution in [3.05, 3.63) is 78.0 Å². The predicted octanol–water partition coefficient (Wildman–Crippen LogP) is 4.50. The van der Waals surface area contributed by atoms with Crippen LogP contribution in [0.4, 0.5) is 0 Å². The molecule has 0 N–H and O–H groups in total.